The molecule has 0 spiro atoms. The highest BCUT2D eigenvalue weighted by molar-refractivity contribution is 6.30. The van der Waals surface area contributed by atoms with Gasteiger partial charge in [0.25, 0.3) is 0 Å². The Morgan fingerprint density at radius 2 is 1.90 bits per heavy atom. The van der Waals surface area contributed by atoms with Crippen molar-refractivity contribution in [1.82, 2.24) is 19.7 Å². The van der Waals surface area contributed by atoms with Crippen molar-refractivity contribution in [3.8, 4) is 17.2 Å². The van der Waals surface area contributed by atoms with Crippen molar-refractivity contribution in [2.75, 3.05) is 21.3 Å². The van der Waals surface area contributed by atoms with Crippen LogP contribution in [0, 0.1) is 0 Å². The topological polar surface area (TPSA) is 111 Å². The Morgan fingerprint density at radius 3 is 2.61 bits per heavy atom. The van der Waals surface area contributed by atoms with Gasteiger partial charge in [-0.15, -0.1) is 10.2 Å². The van der Waals surface area contributed by atoms with Crippen molar-refractivity contribution in [2.24, 2.45) is 0 Å². The van der Waals surface area contributed by atoms with Crippen LogP contribution in [0.1, 0.15) is 53.1 Å². The molecule has 0 radical (unpaired) electrons. The summed E-state index contributed by atoms with van der Waals surface area (Å²) in [6.45, 7) is 0. The Labute approximate surface area is 237 Å². The molecular formula is C27H24ClF3N4O6. The monoisotopic (exact) mass is 592 g/mol. The first-order valence-electron chi connectivity index (χ1n) is 12.3. The predicted octanol–water partition coefficient (Wildman–Crippen LogP) is 5.45. The number of fused-ring (bicyclic) bond motifs is 3. The maximum Gasteiger partial charge on any atom is 0.452 e. The highest BCUT2D eigenvalue weighted by Crippen LogP contribution is 2.47. The molecule has 216 valence electrons. The molecule has 2 atom stereocenters. The zero-order valence-electron chi connectivity index (χ0n) is 22.1. The summed E-state index contributed by atoms with van der Waals surface area (Å²) in [5.74, 6) is -0.463. The Morgan fingerprint density at radius 1 is 1.10 bits per heavy atom. The molecular weight excluding hydrogens is 569 g/mol. The quantitative estimate of drug-likeness (QED) is 0.246. The van der Waals surface area contributed by atoms with Gasteiger partial charge in [0, 0.05) is 22.6 Å². The number of carbonyl (C=O) groups is 1. The number of esters is 1. The molecule has 2 aromatic carbocycles. The number of nitrogens with zero attached hydrogens (tertiary/aromatic N) is 4. The molecule has 4 aromatic rings. The molecule has 1 aliphatic heterocycles. The van der Waals surface area contributed by atoms with Gasteiger partial charge in [-0.1, -0.05) is 23.7 Å². The summed E-state index contributed by atoms with van der Waals surface area (Å²) in [5, 5.41) is 7.67. The standard InChI is InChI=1S/C27H24ClF3N4O6/c1-37-19-6-4-5-16(24(19)39-3)23-17-11-14(28)7-9-18(17)35-25(33-34-26(35)27(29,30)31)20(41-23)12-21-32-13-15(40-21)8-10-22(36)38-2/h4-7,9,11,13,20,23H,8,10,12H2,1-3H3/t20-,23-/m1/s1. The van der Waals surface area contributed by atoms with Crippen LogP contribution in [0.5, 0.6) is 11.5 Å². The molecule has 1 aliphatic rings. The van der Waals surface area contributed by atoms with E-state index in [4.69, 9.17) is 30.2 Å². The zero-order valence-corrected chi connectivity index (χ0v) is 22.8. The molecule has 0 saturated carbocycles. The minimum Gasteiger partial charge on any atom is -0.493 e. The van der Waals surface area contributed by atoms with Crippen LogP contribution in [0.2, 0.25) is 5.02 Å². The number of benzene rings is 2. The summed E-state index contributed by atoms with van der Waals surface area (Å²) in [5.41, 5.74) is 0.938. The summed E-state index contributed by atoms with van der Waals surface area (Å²) >= 11 is 6.34. The summed E-state index contributed by atoms with van der Waals surface area (Å²) in [7, 11) is 4.20. The fourth-order valence-electron chi connectivity index (χ4n) is 4.71. The van der Waals surface area contributed by atoms with Gasteiger partial charge < -0.3 is 23.4 Å². The van der Waals surface area contributed by atoms with Crippen molar-refractivity contribution < 1.29 is 41.3 Å². The first-order chi connectivity index (χ1) is 19.6. The highest BCUT2D eigenvalue weighted by atomic mass is 35.5. The maximum absolute atomic E-state index is 14.2. The summed E-state index contributed by atoms with van der Waals surface area (Å²) in [6.07, 6.45) is -5.27. The van der Waals surface area contributed by atoms with Crippen molar-refractivity contribution in [1.29, 1.82) is 0 Å². The fourth-order valence-corrected chi connectivity index (χ4v) is 4.89. The number of para-hydroxylation sites is 1. The van der Waals surface area contributed by atoms with E-state index in [1.165, 1.54) is 45.7 Å². The summed E-state index contributed by atoms with van der Waals surface area (Å²) < 4.78 is 71.6. The SMILES string of the molecule is COC(=O)CCc1cnc(C[C@H]2O[C@H](c3cccc(OC)c3OC)c3cc(Cl)ccc3-n3c2nnc3C(F)(F)F)o1. The zero-order chi connectivity index (χ0) is 29.3. The number of aryl methyl sites for hydroxylation is 1. The molecule has 3 heterocycles. The number of hydrogen-bond donors (Lipinski definition) is 0. The van der Waals surface area contributed by atoms with Crippen molar-refractivity contribution >= 4 is 17.6 Å². The average Bonchev–Trinajstić information content (AvgIpc) is 3.58. The van der Waals surface area contributed by atoms with Crippen LogP contribution in [0.25, 0.3) is 5.69 Å². The lowest BCUT2D eigenvalue weighted by Crippen LogP contribution is -2.17. The number of hydrogen-bond acceptors (Lipinski definition) is 9. The third-order valence-electron chi connectivity index (χ3n) is 6.52. The van der Waals surface area contributed by atoms with E-state index in [0.29, 0.717) is 28.4 Å². The molecule has 2 aromatic heterocycles. The molecule has 41 heavy (non-hydrogen) atoms. The van der Waals surface area contributed by atoms with Gasteiger partial charge in [0.05, 0.1) is 46.1 Å². The number of oxazole rings is 1. The first kappa shape index (κ1) is 28.4. The van der Waals surface area contributed by atoms with Gasteiger partial charge in [-0.3, -0.25) is 9.36 Å². The molecule has 0 fully saturated rings. The Kier molecular flexibility index (Phi) is 7.91. The average molecular weight is 593 g/mol. The number of aromatic nitrogens is 4. The molecule has 0 amide bonds. The van der Waals surface area contributed by atoms with E-state index in [9.17, 15) is 18.0 Å². The van der Waals surface area contributed by atoms with E-state index < -0.39 is 30.2 Å². The summed E-state index contributed by atoms with van der Waals surface area (Å²) in [4.78, 5) is 15.8. The number of methoxy groups -OCH3 is 3. The van der Waals surface area contributed by atoms with E-state index in [1.54, 1.807) is 18.2 Å². The molecule has 0 unspecified atom stereocenters. The second-order valence-corrected chi connectivity index (χ2v) is 9.44. The van der Waals surface area contributed by atoms with E-state index in [1.807, 2.05) is 0 Å². The van der Waals surface area contributed by atoms with Crippen LogP contribution in [0.15, 0.2) is 47.0 Å². The Bertz CT molecular complexity index is 1570. The van der Waals surface area contributed by atoms with E-state index in [0.717, 1.165) is 4.57 Å². The maximum atomic E-state index is 14.2. The minimum atomic E-state index is -4.83. The molecule has 5 rings (SSSR count). The second kappa shape index (κ2) is 11.4. The third kappa shape index (κ3) is 5.59. The second-order valence-electron chi connectivity index (χ2n) is 9.01. The molecule has 0 bridgehead atoms. The van der Waals surface area contributed by atoms with Crippen LogP contribution in [0.4, 0.5) is 13.2 Å². The Hall–Kier alpha value is -4.10. The molecule has 10 nitrogen and oxygen atoms in total. The lowest BCUT2D eigenvalue weighted by Gasteiger charge is -2.24. The van der Waals surface area contributed by atoms with E-state index in [-0.39, 0.29) is 41.7 Å². The van der Waals surface area contributed by atoms with Gasteiger partial charge in [0.2, 0.25) is 5.82 Å². The number of alkyl halides is 3. The van der Waals surface area contributed by atoms with Crippen LogP contribution in [-0.4, -0.2) is 47.0 Å². The van der Waals surface area contributed by atoms with Crippen LogP contribution < -0.4 is 9.47 Å². The van der Waals surface area contributed by atoms with Crippen LogP contribution in [0.3, 0.4) is 0 Å². The molecule has 0 saturated heterocycles. The lowest BCUT2D eigenvalue weighted by molar-refractivity contribution is -0.146. The lowest BCUT2D eigenvalue weighted by atomic mass is 9.98. The van der Waals surface area contributed by atoms with Crippen molar-refractivity contribution in [3.05, 3.63) is 82.0 Å². The van der Waals surface area contributed by atoms with E-state index >= 15 is 0 Å². The first-order valence-corrected chi connectivity index (χ1v) is 12.7. The van der Waals surface area contributed by atoms with Gasteiger partial charge in [0.1, 0.15) is 18.0 Å². The fraction of sp³-hybridized carbons (Fsp3) is 0.333. The highest BCUT2D eigenvalue weighted by Gasteiger charge is 2.43. The largest absolute Gasteiger partial charge is 0.493 e. The minimum absolute atomic E-state index is 0.0715. The third-order valence-corrected chi connectivity index (χ3v) is 6.76. The van der Waals surface area contributed by atoms with Crippen LogP contribution >= 0.6 is 11.6 Å². The summed E-state index contributed by atoms with van der Waals surface area (Å²) in [6, 6.07) is 9.60. The van der Waals surface area contributed by atoms with Crippen molar-refractivity contribution in [3.63, 3.8) is 0 Å². The van der Waals surface area contributed by atoms with E-state index in [2.05, 4.69) is 19.9 Å². The predicted molar refractivity (Wildman–Crippen MR) is 137 cm³/mol. The molecule has 14 heteroatoms. The van der Waals surface area contributed by atoms with Gasteiger partial charge in [-0.2, -0.15) is 13.2 Å². The Balaban J connectivity index is 1.65. The van der Waals surface area contributed by atoms with Gasteiger partial charge in [-0.05, 0) is 24.3 Å². The number of carbonyl (C=O) groups excluding carboxylic acids is 1. The number of halogens is 4. The van der Waals surface area contributed by atoms with Gasteiger partial charge >= 0.3 is 12.1 Å². The normalized spacial score (nSPS) is 16.5. The van der Waals surface area contributed by atoms with Gasteiger partial charge in [-0.25, -0.2) is 4.98 Å². The number of ether oxygens (including phenoxy) is 4. The molecule has 0 aliphatic carbocycles. The molecule has 0 N–H and O–H groups in total. The smallest absolute Gasteiger partial charge is 0.452 e. The van der Waals surface area contributed by atoms with Crippen LogP contribution in [-0.2, 0) is 33.3 Å². The number of rotatable bonds is 8. The van der Waals surface area contributed by atoms with Gasteiger partial charge in [0.15, 0.2) is 23.2 Å². The van der Waals surface area contributed by atoms with Crippen molar-refractivity contribution in [2.45, 2.75) is 37.6 Å².